The lowest BCUT2D eigenvalue weighted by atomic mass is 10.2. The van der Waals surface area contributed by atoms with Crippen molar-refractivity contribution in [3.63, 3.8) is 0 Å². The van der Waals surface area contributed by atoms with Gasteiger partial charge in [0.15, 0.2) is 0 Å². The molecule has 0 aliphatic rings. The van der Waals surface area contributed by atoms with E-state index in [2.05, 4.69) is 19.2 Å². The number of benzene rings is 1. The number of ether oxygens (including phenoxy) is 2. The molecule has 0 heterocycles. The van der Waals surface area contributed by atoms with E-state index in [1.165, 1.54) is 0 Å². The molecule has 0 aliphatic heterocycles. The lowest BCUT2D eigenvalue weighted by Gasteiger charge is -2.11. The van der Waals surface area contributed by atoms with Gasteiger partial charge in [-0.2, -0.15) is 0 Å². The number of carbonyl (C=O) groups is 1. The number of methoxy groups -OCH3 is 1. The first-order valence-electron chi connectivity index (χ1n) is 6.84. The van der Waals surface area contributed by atoms with Crippen LogP contribution in [0, 0.1) is 5.92 Å². The zero-order valence-electron chi connectivity index (χ0n) is 12.4. The predicted octanol–water partition coefficient (Wildman–Crippen LogP) is 2.67. The van der Waals surface area contributed by atoms with E-state index in [-0.39, 0.29) is 5.91 Å². The van der Waals surface area contributed by atoms with Crippen LogP contribution < -0.4 is 15.8 Å². The molecule has 5 heteroatoms. The smallest absolute Gasteiger partial charge is 0.224 e. The highest BCUT2D eigenvalue weighted by atomic mass is 16.5. The van der Waals surface area contributed by atoms with Crippen LogP contribution in [0.15, 0.2) is 18.2 Å². The standard InChI is InChI=1S/C15H24N2O3/c1-11(2)10-20-8-4-5-15(18)17-13-9-12(16)6-7-14(13)19-3/h6-7,9,11H,4-5,8,10,16H2,1-3H3,(H,17,18). The topological polar surface area (TPSA) is 73.6 Å². The third-order valence-electron chi connectivity index (χ3n) is 2.64. The number of rotatable bonds is 8. The molecule has 0 spiro atoms. The van der Waals surface area contributed by atoms with Crippen LogP contribution in [0.4, 0.5) is 11.4 Å². The van der Waals surface area contributed by atoms with E-state index in [4.69, 9.17) is 15.2 Å². The largest absolute Gasteiger partial charge is 0.495 e. The Morgan fingerprint density at radius 2 is 2.15 bits per heavy atom. The molecular formula is C15H24N2O3. The summed E-state index contributed by atoms with van der Waals surface area (Å²) in [6, 6.07) is 5.15. The average molecular weight is 280 g/mol. The highest BCUT2D eigenvalue weighted by molar-refractivity contribution is 5.92. The molecule has 20 heavy (non-hydrogen) atoms. The second-order valence-corrected chi connectivity index (χ2v) is 5.08. The number of hydrogen-bond donors (Lipinski definition) is 2. The van der Waals surface area contributed by atoms with E-state index in [0.717, 1.165) is 6.61 Å². The molecule has 0 aromatic heterocycles. The fourth-order valence-corrected chi connectivity index (χ4v) is 1.69. The summed E-state index contributed by atoms with van der Waals surface area (Å²) in [7, 11) is 1.56. The summed E-state index contributed by atoms with van der Waals surface area (Å²) in [6.45, 7) is 5.52. The number of nitrogens with two attached hydrogens (primary N) is 1. The second-order valence-electron chi connectivity index (χ2n) is 5.08. The minimum absolute atomic E-state index is 0.0675. The van der Waals surface area contributed by atoms with Gasteiger partial charge in [0.05, 0.1) is 12.8 Å². The number of anilines is 2. The van der Waals surface area contributed by atoms with Gasteiger partial charge in [0.1, 0.15) is 5.75 Å². The molecule has 0 radical (unpaired) electrons. The molecule has 0 atom stereocenters. The molecule has 0 bridgehead atoms. The van der Waals surface area contributed by atoms with Gasteiger partial charge in [0.25, 0.3) is 0 Å². The van der Waals surface area contributed by atoms with Crippen molar-refractivity contribution < 1.29 is 14.3 Å². The Kier molecular flexibility index (Phi) is 6.87. The van der Waals surface area contributed by atoms with Gasteiger partial charge in [-0.25, -0.2) is 0 Å². The second kappa shape index (κ2) is 8.43. The van der Waals surface area contributed by atoms with Crippen LogP contribution in [-0.4, -0.2) is 26.2 Å². The van der Waals surface area contributed by atoms with Crippen LogP contribution in [0.1, 0.15) is 26.7 Å². The summed E-state index contributed by atoms with van der Waals surface area (Å²) in [4.78, 5) is 11.8. The monoisotopic (exact) mass is 280 g/mol. The highest BCUT2D eigenvalue weighted by Crippen LogP contribution is 2.26. The van der Waals surface area contributed by atoms with E-state index in [9.17, 15) is 4.79 Å². The third-order valence-corrected chi connectivity index (χ3v) is 2.64. The van der Waals surface area contributed by atoms with Crippen LogP contribution >= 0.6 is 0 Å². The van der Waals surface area contributed by atoms with Crippen molar-refractivity contribution >= 4 is 17.3 Å². The van der Waals surface area contributed by atoms with Crippen molar-refractivity contribution in [2.45, 2.75) is 26.7 Å². The third kappa shape index (κ3) is 5.93. The molecule has 0 unspecified atom stereocenters. The summed E-state index contributed by atoms with van der Waals surface area (Å²) >= 11 is 0. The molecule has 1 amide bonds. The van der Waals surface area contributed by atoms with Crippen LogP contribution in [0.2, 0.25) is 0 Å². The van der Waals surface area contributed by atoms with Gasteiger partial charge in [-0.3, -0.25) is 4.79 Å². The fraction of sp³-hybridized carbons (Fsp3) is 0.533. The van der Waals surface area contributed by atoms with Gasteiger partial charge in [0.2, 0.25) is 5.91 Å². The minimum atomic E-state index is -0.0675. The Morgan fingerprint density at radius 1 is 1.40 bits per heavy atom. The fourth-order valence-electron chi connectivity index (χ4n) is 1.69. The number of nitrogen functional groups attached to an aromatic ring is 1. The number of nitrogens with one attached hydrogen (secondary N) is 1. The van der Waals surface area contributed by atoms with E-state index in [0.29, 0.717) is 42.5 Å². The van der Waals surface area contributed by atoms with Gasteiger partial charge in [-0.15, -0.1) is 0 Å². The summed E-state index contributed by atoms with van der Waals surface area (Å²) in [5, 5.41) is 2.80. The van der Waals surface area contributed by atoms with Crippen molar-refractivity contribution in [1.82, 2.24) is 0 Å². The SMILES string of the molecule is COc1ccc(N)cc1NC(=O)CCCOCC(C)C. The van der Waals surface area contributed by atoms with Crippen molar-refractivity contribution in [3.8, 4) is 5.75 Å². The first kappa shape index (κ1) is 16.3. The normalized spacial score (nSPS) is 10.6. The maximum atomic E-state index is 11.8. The first-order valence-corrected chi connectivity index (χ1v) is 6.84. The molecular weight excluding hydrogens is 256 g/mol. The van der Waals surface area contributed by atoms with Gasteiger partial charge >= 0.3 is 0 Å². The molecule has 1 aromatic carbocycles. The zero-order chi connectivity index (χ0) is 15.0. The van der Waals surface area contributed by atoms with Gasteiger partial charge in [-0.1, -0.05) is 13.8 Å². The lowest BCUT2D eigenvalue weighted by Crippen LogP contribution is -2.13. The van der Waals surface area contributed by atoms with E-state index >= 15 is 0 Å². The van der Waals surface area contributed by atoms with Crippen LogP contribution in [-0.2, 0) is 9.53 Å². The Hall–Kier alpha value is -1.75. The predicted molar refractivity (Wildman–Crippen MR) is 80.9 cm³/mol. The minimum Gasteiger partial charge on any atom is -0.495 e. The van der Waals surface area contributed by atoms with Gasteiger partial charge in [0, 0.05) is 25.3 Å². The molecule has 112 valence electrons. The Labute approximate surface area is 120 Å². The molecule has 0 fully saturated rings. The van der Waals surface area contributed by atoms with Crippen molar-refractivity contribution in [2.75, 3.05) is 31.4 Å². The molecule has 3 N–H and O–H groups in total. The van der Waals surface area contributed by atoms with Crippen molar-refractivity contribution in [3.05, 3.63) is 18.2 Å². The summed E-state index contributed by atoms with van der Waals surface area (Å²) in [5.74, 6) is 1.05. The summed E-state index contributed by atoms with van der Waals surface area (Å²) in [5.41, 5.74) is 6.88. The van der Waals surface area contributed by atoms with Crippen LogP contribution in [0.25, 0.3) is 0 Å². The summed E-state index contributed by atoms with van der Waals surface area (Å²) in [6.07, 6.45) is 1.11. The van der Waals surface area contributed by atoms with Crippen molar-refractivity contribution in [1.29, 1.82) is 0 Å². The Balaban J connectivity index is 2.37. The Bertz CT molecular complexity index is 433. The van der Waals surface area contributed by atoms with E-state index in [1.807, 2.05) is 0 Å². The van der Waals surface area contributed by atoms with Crippen LogP contribution in [0.3, 0.4) is 0 Å². The number of carbonyl (C=O) groups excluding carboxylic acids is 1. The van der Waals surface area contributed by atoms with Gasteiger partial charge < -0.3 is 20.5 Å². The highest BCUT2D eigenvalue weighted by Gasteiger charge is 2.08. The Morgan fingerprint density at radius 3 is 2.80 bits per heavy atom. The lowest BCUT2D eigenvalue weighted by molar-refractivity contribution is -0.116. The molecule has 1 aromatic rings. The van der Waals surface area contributed by atoms with Gasteiger partial charge in [-0.05, 0) is 30.5 Å². The quantitative estimate of drug-likeness (QED) is 0.567. The first-order chi connectivity index (χ1) is 9.52. The zero-order valence-corrected chi connectivity index (χ0v) is 12.4. The maximum Gasteiger partial charge on any atom is 0.224 e. The average Bonchev–Trinajstić information content (AvgIpc) is 2.38. The van der Waals surface area contributed by atoms with Crippen LogP contribution in [0.5, 0.6) is 5.75 Å². The maximum absolute atomic E-state index is 11.8. The molecule has 5 nitrogen and oxygen atoms in total. The molecule has 0 saturated carbocycles. The van der Waals surface area contributed by atoms with E-state index in [1.54, 1.807) is 25.3 Å². The summed E-state index contributed by atoms with van der Waals surface area (Å²) < 4.78 is 10.6. The molecule has 0 aliphatic carbocycles. The number of hydrogen-bond acceptors (Lipinski definition) is 4. The molecule has 0 saturated heterocycles. The van der Waals surface area contributed by atoms with E-state index < -0.39 is 0 Å². The molecule has 1 rings (SSSR count). The number of amides is 1. The van der Waals surface area contributed by atoms with Crippen molar-refractivity contribution in [2.24, 2.45) is 5.92 Å².